The summed E-state index contributed by atoms with van der Waals surface area (Å²) < 4.78 is 22.9. The van der Waals surface area contributed by atoms with Crippen LogP contribution >= 0.6 is 0 Å². The van der Waals surface area contributed by atoms with Crippen LogP contribution in [0, 0.1) is 6.54 Å². The van der Waals surface area contributed by atoms with E-state index in [1.807, 2.05) is 6.92 Å². The summed E-state index contributed by atoms with van der Waals surface area (Å²) in [4.78, 5) is 11.4. The summed E-state index contributed by atoms with van der Waals surface area (Å²) in [6.07, 6.45) is 5.94. The summed E-state index contributed by atoms with van der Waals surface area (Å²) >= 11 is 0. The van der Waals surface area contributed by atoms with Crippen molar-refractivity contribution in [2.24, 2.45) is 5.11 Å². The van der Waals surface area contributed by atoms with Crippen molar-refractivity contribution in [3.05, 3.63) is 30.5 Å². The third kappa shape index (κ3) is 3.27. The SMILES string of the molecule is C/C=C/CNC(=O)C1=C[CH][N+](S(C)(=O)=O)=N1. The molecule has 1 aliphatic heterocycles. The highest BCUT2D eigenvalue weighted by Crippen LogP contribution is 2.11. The van der Waals surface area contributed by atoms with E-state index in [9.17, 15) is 13.2 Å². The maximum Gasteiger partial charge on any atom is 0.385 e. The topological polar surface area (TPSA) is 78.6 Å². The molecule has 1 N–H and O–H groups in total. The van der Waals surface area contributed by atoms with Crippen LogP contribution in [0.5, 0.6) is 0 Å². The van der Waals surface area contributed by atoms with E-state index in [0.29, 0.717) is 6.54 Å². The highest BCUT2D eigenvalue weighted by atomic mass is 32.2. The Morgan fingerprint density at radius 1 is 1.62 bits per heavy atom. The second-order valence-electron chi connectivity index (χ2n) is 3.12. The normalized spacial score (nSPS) is 16.1. The van der Waals surface area contributed by atoms with Gasteiger partial charge in [0.25, 0.3) is 12.5 Å². The van der Waals surface area contributed by atoms with E-state index in [-0.39, 0.29) is 5.70 Å². The van der Waals surface area contributed by atoms with Gasteiger partial charge in [0.15, 0.2) is 5.70 Å². The molecule has 7 heteroatoms. The number of rotatable bonds is 4. The van der Waals surface area contributed by atoms with E-state index in [4.69, 9.17) is 0 Å². The van der Waals surface area contributed by atoms with Crippen molar-refractivity contribution in [3.63, 3.8) is 0 Å². The molecular weight excluding hydrogens is 230 g/mol. The fourth-order valence-corrected chi connectivity index (χ4v) is 1.49. The molecule has 1 rings (SSSR count). The first-order chi connectivity index (χ1) is 7.45. The zero-order chi connectivity index (χ0) is 12.2. The lowest BCUT2D eigenvalue weighted by molar-refractivity contribution is -0.379. The first-order valence-electron chi connectivity index (χ1n) is 4.60. The Hall–Kier alpha value is -1.50. The van der Waals surface area contributed by atoms with Crippen LogP contribution < -0.4 is 5.32 Å². The molecule has 6 nitrogen and oxygen atoms in total. The molecule has 0 bridgehead atoms. The summed E-state index contributed by atoms with van der Waals surface area (Å²) in [5.74, 6) is -0.402. The van der Waals surface area contributed by atoms with Gasteiger partial charge in [-0.2, -0.15) is 8.42 Å². The molecule has 0 unspecified atom stereocenters. The monoisotopic (exact) mass is 243 g/mol. The summed E-state index contributed by atoms with van der Waals surface area (Å²) in [5, 5.41) is 6.22. The Bertz CT molecular complexity index is 474. The number of hydrogen-bond donors (Lipinski definition) is 1. The van der Waals surface area contributed by atoms with Gasteiger partial charge in [-0.15, -0.1) is 0 Å². The number of carbonyl (C=O) groups is 1. The first kappa shape index (κ1) is 12.6. The summed E-state index contributed by atoms with van der Waals surface area (Å²) in [6.45, 7) is 3.46. The molecular formula is C9H13N3O3S+. The van der Waals surface area contributed by atoms with E-state index in [0.717, 1.165) is 10.4 Å². The molecule has 0 atom stereocenters. The van der Waals surface area contributed by atoms with Crippen LogP contribution in [0.25, 0.3) is 0 Å². The fourth-order valence-electron chi connectivity index (χ4n) is 0.973. The van der Waals surface area contributed by atoms with Crippen molar-refractivity contribution >= 4 is 15.9 Å². The van der Waals surface area contributed by atoms with Gasteiger partial charge in [-0.25, -0.2) is 0 Å². The summed E-state index contributed by atoms with van der Waals surface area (Å²) in [6, 6.07) is 0. The van der Waals surface area contributed by atoms with E-state index >= 15 is 0 Å². The second-order valence-corrected chi connectivity index (χ2v) is 4.96. The average Bonchev–Trinajstić information content (AvgIpc) is 2.66. The molecule has 1 radical (unpaired) electrons. The Morgan fingerprint density at radius 3 is 2.81 bits per heavy atom. The lowest BCUT2D eigenvalue weighted by Crippen LogP contribution is -2.24. The molecule has 16 heavy (non-hydrogen) atoms. The molecule has 0 aromatic rings. The lowest BCUT2D eigenvalue weighted by atomic mass is 10.4. The molecule has 0 aromatic heterocycles. The van der Waals surface area contributed by atoms with E-state index in [1.54, 1.807) is 12.2 Å². The molecule has 1 heterocycles. The Labute approximate surface area is 94.4 Å². The molecule has 1 aliphatic rings. The molecule has 0 aliphatic carbocycles. The van der Waals surface area contributed by atoms with Crippen LogP contribution in [-0.4, -0.2) is 31.2 Å². The maximum absolute atomic E-state index is 11.4. The van der Waals surface area contributed by atoms with Crippen LogP contribution in [0.15, 0.2) is 29.0 Å². The van der Waals surface area contributed by atoms with Gasteiger partial charge in [0, 0.05) is 21.8 Å². The number of sulfonamides is 1. The molecule has 87 valence electrons. The summed E-state index contributed by atoms with van der Waals surface area (Å²) in [5.41, 5.74) is 0.0786. The minimum atomic E-state index is -3.43. The van der Waals surface area contributed by atoms with Gasteiger partial charge < -0.3 is 5.32 Å². The zero-order valence-corrected chi connectivity index (χ0v) is 9.86. The smallest absolute Gasteiger partial charge is 0.347 e. The largest absolute Gasteiger partial charge is 0.385 e. The second kappa shape index (κ2) is 5.02. The minimum Gasteiger partial charge on any atom is -0.347 e. The van der Waals surface area contributed by atoms with Gasteiger partial charge in [-0.1, -0.05) is 12.2 Å². The van der Waals surface area contributed by atoms with E-state index in [2.05, 4.69) is 10.4 Å². The van der Waals surface area contributed by atoms with E-state index < -0.39 is 15.9 Å². The molecule has 0 saturated carbocycles. The van der Waals surface area contributed by atoms with Crippen molar-refractivity contribution in [1.82, 2.24) is 5.32 Å². The number of carbonyl (C=O) groups excluding carboxylic acids is 1. The first-order valence-corrected chi connectivity index (χ1v) is 6.45. The van der Waals surface area contributed by atoms with Gasteiger partial charge >= 0.3 is 10.0 Å². The van der Waals surface area contributed by atoms with Crippen molar-refractivity contribution < 1.29 is 17.3 Å². The number of nitrogens with zero attached hydrogens (tertiary/aromatic N) is 2. The fraction of sp³-hybridized carbons (Fsp3) is 0.333. The van der Waals surface area contributed by atoms with Crippen LogP contribution in [-0.2, 0) is 14.8 Å². The van der Waals surface area contributed by atoms with Crippen LogP contribution in [0.1, 0.15) is 6.92 Å². The Kier molecular flexibility index (Phi) is 3.94. The zero-order valence-electron chi connectivity index (χ0n) is 9.04. The predicted octanol–water partition coefficient (Wildman–Crippen LogP) is 0.162. The number of nitrogens with one attached hydrogen (secondary N) is 1. The standard InChI is InChI=1S/C9H13N3O3S/c1-3-4-6-10-9(13)8-5-7-12(11-8)16(2,14)15/h3-5,7H,6H2,1-2H3,(H,10,13)/q+1/b4-3+. The van der Waals surface area contributed by atoms with Crippen LogP contribution in [0.4, 0.5) is 0 Å². The van der Waals surface area contributed by atoms with Crippen LogP contribution in [0.3, 0.4) is 0 Å². The van der Waals surface area contributed by atoms with Crippen LogP contribution in [0.2, 0.25) is 0 Å². The Morgan fingerprint density at radius 2 is 2.31 bits per heavy atom. The quantitative estimate of drug-likeness (QED) is 0.564. The minimum absolute atomic E-state index is 0.0786. The molecule has 1 amide bonds. The number of amides is 1. The number of hydrogen-bond acceptors (Lipinski definition) is 4. The summed E-state index contributed by atoms with van der Waals surface area (Å²) in [7, 11) is -3.43. The van der Waals surface area contributed by atoms with Gasteiger partial charge in [0.2, 0.25) is 0 Å². The van der Waals surface area contributed by atoms with Gasteiger partial charge in [-0.3, -0.25) is 4.79 Å². The predicted molar refractivity (Wildman–Crippen MR) is 57.7 cm³/mol. The molecule has 0 fully saturated rings. The molecule has 0 spiro atoms. The third-order valence-corrected chi connectivity index (χ3v) is 2.64. The van der Waals surface area contributed by atoms with Crippen molar-refractivity contribution in [3.8, 4) is 0 Å². The van der Waals surface area contributed by atoms with Gasteiger partial charge in [-0.05, 0) is 6.92 Å². The van der Waals surface area contributed by atoms with Gasteiger partial charge in [0.05, 0.1) is 0 Å². The average molecular weight is 243 g/mol. The Balaban J connectivity index is 2.64. The van der Waals surface area contributed by atoms with Crippen molar-refractivity contribution in [2.45, 2.75) is 6.92 Å². The molecule has 0 aromatic carbocycles. The highest BCUT2D eigenvalue weighted by Gasteiger charge is 2.29. The number of azo groups is 1. The number of allylic oxidation sites excluding steroid dienone is 1. The molecule has 0 saturated heterocycles. The van der Waals surface area contributed by atoms with Crippen molar-refractivity contribution in [1.29, 1.82) is 0 Å². The van der Waals surface area contributed by atoms with Gasteiger partial charge in [0.1, 0.15) is 6.26 Å². The highest BCUT2D eigenvalue weighted by molar-refractivity contribution is 7.84. The van der Waals surface area contributed by atoms with E-state index in [1.165, 1.54) is 12.6 Å². The maximum atomic E-state index is 11.4. The van der Waals surface area contributed by atoms with Crippen molar-refractivity contribution in [2.75, 3.05) is 12.8 Å². The lowest BCUT2D eigenvalue weighted by Gasteiger charge is -1.96. The third-order valence-electron chi connectivity index (χ3n) is 1.75.